The van der Waals surface area contributed by atoms with Gasteiger partial charge < -0.3 is 10.2 Å². The number of fused-ring (bicyclic) bond motifs is 1. The van der Waals surface area contributed by atoms with Crippen molar-refractivity contribution in [3.05, 3.63) is 54.1 Å². The molecule has 11 heteroatoms. The number of hydrogen-bond donors (Lipinski definition) is 1. The summed E-state index contributed by atoms with van der Waals surface area (Å²) in [5.74, 6) is -0.0405. The van der Waals surface area contributed by atoms with E-state index in [1.807, 2.05) is 0 Å². The summed E-state index contributed by atoms with van der Waals surface area (Å²) in [4.78, 5) is 15.2. The Hall–Kier alpha value is -2.76. The van der Waals surface area contributed by atoms with E-state index in [0.29, 0.717) is 43.7 Å². The third kappa shape index (κ3) is 3.94. The molecule has 33 heavy (non-hydrogen) atoms. The number of sulfonamides is 2. The third-order valence-electron chi connectivity index (χ3n) is 6.24. The first kappa shape index (κ1) is 22.1. The van der Waals surface area contributed by atoms with Gasteiger partial charge in [0, 0.05) is 30.9 Å². The van der Waals surface area contributed by atoms with Crippen molar-refractivity contribution in [2.75, 3.05) is 25.0 Å². The van der Waals surface area contributed by atoms with Crippen LogP contribution in [0, 0.1) is 0 Å². The lowest BCUT2D eigenvalue weighted by molar-refractivity contribution is -0.119. The molecular formula is C22H24N4O5S2. The predicted octanol–water partition coefficient (Wildman–Crippen LogP) is 2.02. The second kappa shape index (κ2) is 8.23. The van der Waals surface area contributed by atoms with Gasteiger partial charge in [-0.05, 0) is 56.0 Å². The van der Waals surface area contributed by atoms with Crippen molar-refractivity contribution < 1.29 is 21.6 Å². The largest absolute Gasteiger partial charge is 0.343 e. The Morgan fingerprint density at radius 1 is 1.00 bits per heavy atom. The number of hydrogen-bond acceptors (Lipinski definition) is 6. The van der Waals surface area contributed by atoms with Crippen LogP contribution in [-0.4, -0.2) is 63.5 Å². The summed E-state index contributed by atoms with van der Waals surface area (Å²) in [7, 11) is -7.39. The van der Waals surface area contributed by atoms with E-state index in [2.05, 4.69) is 9.71 Å². The highest BCUT2D eigenvalue weighted by atomic mass is 32.2. The number of amidine groups is 1. The summed E-state index contributed by atoms with van der Waals surface area (Å²) < 4.78 is 56.0. The molecule has 3 aliphatic heterocycles. The zero-order valence-corrected chi connectivity index (χ0v) is 19.5. The summed E-state index contributed by atoms with van der Waals surface area (Å²) >= 11 is 0. The minimum Gasteiger partial charge on any atom is -0.343 e. The number of benzene rings is 2. The molecule has 0 radical (unpaired) electrons. The molecule has 2 saturated heterocycles. The molecule has 0 unspecified atom stereocenters. The van der Waals surface area contributed by atoms with Crippen LogP contribution in [0.25, 0.3) is 0 Å². The lowest BCUT2D eigenvalue weighted by Crippen LogP contribution is -2.43. The average Bonchev–Trinajstić information content (AvgIpc) is 3.54. The van der Waals surface area contributed by atoms with Gasteiger partial charge >= 0.3 is 0 Å². The van der Waals surface area contributed by atoms with Crippen molar-refractivity contribution in [3.63, 3.8) is 0 Å². The first-order valence-electron chi connectivity index (χ1n) is 10.9. The predicted molar refractivity (Wildman–Crippen MR) is 123 cm³/mol. The van der Waals surface area contributed by atoms with E-state index in [-0.39, 0.29) is 21.5 Å². The maximum absolute atomic E-state index is 13.2. The summed E-state index contributed by atoms with van der Waals surface area (Å²) in [6, 6.07) is 12.2. The molecule has 0 spiro atoms. The Balaban J connectivity index is 1.38. The molecule has 0 aromatic heterocycles. The molecule has 174 valence electrons. The van der Waals surface area contributed by atoms with E-state index in [1.54, 1.807) is 35.2 Å². The molecule has 0 saturated carbocycles. The summed E-state index contributed by atoms with van der Waals surface area (Å²) in [6.45, 7) is 1.51. The first-order valence-corrected chi connectivity index (χ1v) is 13.8. The van der Waals surface area contributed by atoms with Gasteiger partial charge in [0.25, 0.3) is 10.0 Å². The number of likely N-dealkylation sites (tertiary alicyclic amines) is 1. The summed E-state index contributed by atoms with van der Waals surface area (Å²) in [6.07, 6.45) is 2.94. The van der Waals surface area contributed by atoms with Crippen LogP contribution in [0.3, 0.4) is 0 Å². The van der Waals surface area contributed by atoms with Gasteiger partial charge in [-0.2, -0.15) is 12.7 Å². The Morgan fingerprint density at radius 3 is 2.55 bits per heavy atom. The molecule has 1 amide bonds. The number of nitrogens with zero attached hydrogens (tertiary/aromatic N) is 3. The quantitative estimate of drug-likeness (QED) is 0.704. The van der Waals surface area contributed by atoms with Crippen molar-refractivity contribution >= 4 is 37.5 Å². The smallest absolute Gasteiger partial charge is 0.285 e. The van der Waals surface area contributed by atoms with Crippen LogP contribution in [0.2, 0.25) is 0 Å². The first-order chi connectivity index (χ1) is 15.8. The second-order valence-electron chi connectivity index (χ2n) is 8.37. The van der Waals surface area contributed by atoms with Gasteiger partial charge in [-0.25, -0.2) is 8.42 Å². The zero-order valence-electron chi connectivity index (χ0n) is 17.8. The fourth-order valence-electron chi connectivity index (χ4n) is 4.63. The maximum Gasteiger partial charge on any atom is 0.285 e. The average molecular weight is 489 g/mol. The molecule has 2 aromatic carbocycles. The number of nitrogens with one attached hydrogen (secondary N) is 1. The molecule has 1 N–H and O–H groups in total. The van der Waals surface area contributed by atoms with E-state index in [1.165, 1.54) is 22.5 Å². The van der Waals surface area contributed by atoms with Crippen molar-refractivity contribution in [2.45, 2.75) is 41.5 Å². The van der Waals surface area contributed by atoms with Crippen LogP contribution in [0.4, 0.5) is 5.69 Å². The van der Waals surface area contributed by atoms with Crippen LogP contribution < -0.4 is 5.32 Å². The second-order valence-corrected chi connectivity index (χ2v) is 11.9. The van der Waals surface area contributed by atoms with Crippen molar-refractivity contribution in [3.8, 4) is 0 Å². The molecular weight excluding hydrogens is 464 g/mol. The molecule has 2 fully saturated rings. The van der Waals surface area contributed by atoms with Gasteiger partial charge in [0.05, 0.1) is 4.90 Å². The van der Waals surface area contributed by atoms with E-state index < -0.39 is 26.1 Å². The van der Waals surface area contributed by atoms with Gasteiger partial charge in [0.1, 0.15) is 10.9 Å². The number of carbonyl (C=O) groups excluding carboxylic acids is 1. The van der Waals surface area contributed by atoms with Gasteiger partial charge in [0.15, 0.2) is 5.84 Å². The highest BCUT2D eigenvalue weighted by molar-refractivity contribution is 7.90. The number of rotatable bonds is 4. The third-order valence-corrected chi connectivity index (χ3v) is 9.46. The van der Waals surface area contributed by atoms with Gasteiger partial charge in [0.2, 0.25) is 15.9 Å². The molecule has 9 nitrogen and oxygen atoms in total. The van der Waals surface area contributed by atoms with Crippen molar-refractivity contribution in [1.29, 1.82) is 0 Å². The highest BCUT2D eigenvalue weighted by Crippen LogP contribution is 2.31. The molecule has 3 aliphatic rings. The summed E-state index contributed by atoms with van der Waals surface area (Å²) in [5, 5.41) is 2.82. The van der Waals surface area contributed by atoms with Gasteiger partial charge in [-0.1, -0.05) is 18.2 Å². The molecule has 0 aliphatic carbocycles. The SMILES string of the molecule is O=C(Nc1cccc(S(=O)(=O)N2CCCC2)c1)[C@@H]1CCCN1C1=NS(=O)(=O)c2ccccc21. The maximum atomic E-state index is 13.2. The van der Waals surface area contributed by atoms with Crippen LogP contribution in [0.1, 0.15) is 31.2 Å². The van der Waals surface area contributed by atoms with Crippen LogP contribution in [0.15, 0.2) is 62.7 Å². The van der Waals surface area contributed by atoms with Gasteiger partial charge in [-0.3, -0.25) is 4.79 Å². The normalized spacial score (nSPS) is 22.2. The number of anilines is 1. The van der Waals surface area contributed by atoms with Crippen LogP contribution in [-0.2, 0) is 24.8 Å². The Bertz CT molecular complexity index is 1350. The summed E-state index contributed by atoms with van der Waals surface area (Å²) in [5.41, 5.74) is 0.879. The highest BCUT2D eigenvalue weighted by Gasteiger charge is 2.39. The molecule has 5 rings (SSSR count). The number of carbonyl (C=O) groups is 1. The van der Waals surface area contributed by atoms with Gasteiger partial charge in [-0.15, -0.1) is 4.40 Å². The molecule has 2 aromatic rings. The fourth-order valence-corrected chi connectivity index (χ4v) is 7.41. The lowest BCUT2D eigenvalue weighted by atomic mass is 10.1. The van der Waals surface area contributed by atoms with E-state index in [9.17, 15) is 21.6 Å². The Labute approximate surface area is 193 Å². The Kier molecular flexibility index (Phi) is 5.50. The standard InChI is InChI=1S/C22H24N4O5S2/c27-22(23-16-7-5-8-17(15-16)33(30,31)25-12-3-4-13-25)19-10-6-14-26(19)21-18-9-1-2-11-20(18)32(28,29)24-21/h1-2,5,7-9,11,15,19H,3-4,6,10,12-14H2,(H,23,27)/t19-/m0/s1. The van der Waals surface area contributed by atoms with Crippen molar-refractivity contribution in [1.82, 2.24) is 9.21 Å². The minimum atomic E-state index is -3.79. The zero-order chi connectivity index (χ0) is 23.2. The minimum absolute atomic E-state index is 0.144. The van der Waals surface area contributed by atoms with Crippen LogP contribution >= 0.6 is 0 Å². The fraction of sp³-hybridized carbons (Fsp3) is 0.364. The Morgan fingerprint density at radius 2 is 1.76 bits per heavy atom. The van der Waals surface area contributed by atoms with Crippen LogP contribution in [0.5, 0.6) is 0 Å². The monoisotopic (exact) mass is 488 g/mol. The van der Waals surface area contributed by atoms with E-state index in [4.69, 9.17) is 0 Å². The molecule has 1 atom stereocenters. The van der Waals surface area contributed by atoms with E-state index >= 15 is 0 Å². The topological polar surface area (TPSA) is 116 Å². The molecule has 0 bridgehead atoms. The van der Waals surface area contributed by atoms with E-state index in [0.717, 1.165) is 12.8 Å². The lowest BCUT2D eigenvalue weighted by Gasteiger charge is -2.25. The number of amides is 1. The van der Waals surface area contributed by atoms with Crippen molar-refractivity contribution in [2.24, 2.45) is 4.40 Å². The molecule has 3 heterocycles.